The minimum absolute atomic E-state index is 0.379. The average molecular weight is 251 g/mol. The fourth-order valence-corrected chi connectivity index (χ4v) is 2.01. The molecule has 0 amide bonds. The van der Waals surface area contributed by atoms with Gasteiger partial charge in [0.2, 0.25) is 0 Å². The van der Waals surface area contributed by atoms with E-state index in [0.29, 0.717) is 23.6 Å². The van der Waals surface area contributed by atoms with Gasteiger partial charge in [0.1, 0.15) is 11.6 Å². The van der Waals surface area contributed by atoms with Crippen molar-refractivity contribution in [2.75, 3.05) is 29.9 Å². The van der Waals surface area contributed by atoms with E-state index in [0.717, 1.165) is 18.9 Å². The quantitative estimate of drug-likeness (QED) is 0.718. The van der Waals surface area contributed by atoms with Crippen LogP contribution in [-0.2, 0) is 0 Å². The van der Waals surface area contributed by atoms with Crippen molar-refractivity contribution in [1.82, 2.24) is 9.88 Å². The van der Waals surface area contributed by atoms with Crippen molar-refractivity contribution in [2.45, 2.75) is 39.8 Å². The molecule has 0 saturated heterocycles. The molecule has 5 nitrogen and oxygen atoms in total. The molecule has 1 rings (SSSR count). The topological polar surface area (TPSA) is 80.2 Å². The summed E-state index contributed by atoms with van der Waals surface area (Å²) in [5.74, 6) is 1.15. The number of hydrogen-bond acceptors (Lipinski definition) is 5. The SMILES string of the molecule is CC(C)N(CCNc1ccc(N)c(N)n1)C(C)C. The molecule has 0 bridgehead atoms. The van der Waals surface area contributed by atoms with Gasteiger partial charge >= 0.3 is 0 Å². The van der Waals surface area contributed by atoms with Crippen molar-refractivity contribution < 1.29 is 0 Å². The Morgan fingerprint density at radius 1 is 1.17 bits per heavy atom. The molecule has 0 radical (unpaired) electrons. The maximum Gasteiger partial charge on any atom is 0.149 e. The van der Waals surface area contributed by atoms with E-state index in [1.807, 2.05) is 6.07 Å². The van der Waals surface area contributed by atoms with Crippen LogP contribution >= 0.6 is 0 Å². The van der Waals surface area contributed by atoms with Crippen molar-refractivity contribution in [3.8, 4) is 0 Å². The fraction of sp³-hybridized carbons (Fsp3) is 0.615. The van der Waals surface area contributed by atoms with Crippen LogP contribution in [0.5, 0.6) is 0 Å². The molecule has 102 valence electrons. The van der Waals surface area contributed by atoms with Crippen LogP contribution in [0.25, 0.3) is 0 Å². The Kier molecular flexibility index (Phi) is 5.22. The Labute approximate surface area is 110 Å². The molecule has 0 saturated carbocycles. The van der Waals surface area contributed by atoms with Gasteiger partial charge in [-0.15, -0.1) is 0 Å². The molecule has 0 aromatic carbocycles. The van der Waals surface area contributed by atoms with Crippen LogP contribution in [0.1, 0.15) is 27.7 Å². The summed E-state index contributed by atoms with van der Waals surface area (Å²) in [6, 6.07) is 4.70. The van der Waals surface area contributed by atoms with Crippen LogP contribution in [0.15, 0.2) is 12.1 Å². The Bertz CT molecular complexity index is 368. The van der Waals surface area contributed by atoms with Crippen LogP contribution < -0.4 is 16.8 Å². The number of anilines is 3. The highest BCUT2D eigenvalue weighted by atomic mass is 15.2. The molecular weight excluding hydrogens is 226 g/mol. The van der Waals surface area contributed by atoms with E-state index < -0.39 is 0 Å². The normalized spacial score (nSPS) is 11.5. The molecule has 5 N–H and O–H groups in total. The van der Waals surface area contributed by atoms with Crippen molar-refractivity contribution in [3.05, 3.63) is 12.1 Å². The first-order valence-electron chi connectivity index (χ1n) is 6.43. The van der Waals surface area contributed by atoms with Gasteiger partial charge in [0.05, 0.1) is 5.69 Å². The number of nitrogens with two attached hydrogens (primary N) is 2. The molecule has 0 unspecified atom stereocenters. The van der Waals surface area contributed by atoms with Gasteiger partial charge in [-0.3, -0.25) is 4.90 Å². The second-order valence-electron chi connectivity index (χ2n) is 5.02. The van der Waals surface area contributed by atoms with E-state index >= 15 is 0 Å². The van der Waals surface area contributed by atoms with Crippen LogP contribution in [-0.4, -0.2) is 35.1 Å². The van der Waals surface area contributed by atoms with Crippen molar-refractivity contribution >= 4 is 17.3 Å². The summed E-state index contributed by atoms with van der Waals surface area (Å²) >= 11 is 0. The predicted molar refractivity (Wildman–Crippen MR) is 78.5 cm³/mol. The smallest absolute Gasteiger partial charge is 0.149 e. The lowest BCUT2D eigenvalue weighted by Crippen LogP contribution is -2.40. The molecule has 0 aliphatic rings. The van der Waals surface area contributed by atoms with E-state index in [9.17, 15) is 0 Å². The third-order valence-electron chi connectivity index (χ3n) is 2.96. The number of rotatable bonds is 6. The van der Waals surface area contributed by atoms with E-state index in [1.165, 1.54) is 0 Å². The molecule has 0 spiro atoms. The lowest BCUT2D eigenvalue weighted by Gasteiger charge is -2.30. The minimum Gasteiger partial charge on any atom is -0.396 e. The molecule has 5 heteroatoms. The van der Waals surface area contributed by atoms with Gasteiger partial charge < -0.3 is 16.8 Å². The molecule has 1 heterocycles. The third kappa shape index (κ3) is 4.07. The van der Waals surface area contributed by atoms with Gasteiger partial charge in [-0.2, -0.15) is 0 Å². The minimum atomic E-state index is 0.379. The molecule has 0 aliphatic heterocycles. The maximum absolute atomic E-state index is 5.66. The maximum atomic E-state index is 5.66. The number of hydrogen-bond donors (Lipinski definition) is 3. The lowest BCUT2D eigenvalue weighted by atomic mass is 10.2. The highest BCUT2D eigenvalue weighted by Crippen LogP contribution is 2.14. The highest BCUT2D eigenvalue weighted by molar-refractivity contribution is 5.61. The summed E-state index contributed by atoms with van der Waals surface area (Å²) in [4.78, 5) is 6.61. The van der Waals surface area contributed by atoms with Crippen LogP contribution in [0.3, 0.4) is 0 Å². The second-order valence-corrected chi connectivity index (χ2v) is 5.02. The van der Waals surface area contributed by atoms with Crippen LogP contribution in [0, 0.1) is 0 Å². The summed E-state index contributed by atoms with van der Waals surface area (Å²) in [5, 5.41) is 3.26. The first-order chi connectivity index (χ1) is 8.41. The molecule has 0 atom stereocenters. The monoisotopic (exact) mass is 251 g/mol. The van der Waals surface area contributed by atoms with E-state index in [4.69, 9.17) is 11.5 Å². The van der Waals surface area contributed by atoms with Gasteiger partial charge in [-0.05, 0) is 39.8 Å². The number of nitrogens with zero attached hydrogens (tertiary/aromatic N) is 2. The number of aromatic nitrogens is 1. The Hall–Kier alpha value is -1.49. The fourth-order valence-electron chi connectivity index (χ4n) is 2.01. The van der Waals surface area contributed by atoms with E-state index in [2.05, 4.69) is 42.9 Å². The molecule has 1 aromatic heterocycles. The zero-order valence-corrected chi connectivity index (χ0v) is 11.8. The van der Waals surface area contributed by atoms with E-state index in [-0.39, 0.29) is 0 Å². The molecule has 1 aromatic rings. The standard InChI is InChI=1S/C13H25N5/c1-9(2)18(10(3)4)8-7-16-12-6-5-11(14)13(15)17-12/h5-6,9-10H,7-8,14H2,1-4H3,(H3,15,16,17). The van der Waals surface area contributed by atoms with Gasteiger partial charge in [0.25, 0.3) is 0 Å². The average Bonchev–Trinajstić information content (AvgIpc) is 2.28. The third-order valence-corrected chi connectivity index (χ3v) is 2.96. The molecule has 18 heavy (non-hydrogen) atoms. The van der Waals surface area contributed by atoms with Gasteiger partial charge in [-0.25, -0.2) is 4.98 Å². The summed E-state index contributed by atoms with van der Waals surface area (Å²) in [5.41, 5.74) is 11.8. The number of nitrogens with one attached hydrogen (secondary N) is 1. The summed E-state index contributed by atoms with van der Waals surface area (Å²) in [6.07, 6.45) is 0. The second kappa shape index (κ2) is 6.44. The summed E-state index contributed by atoms with van der Waals surface area (Å²) in [7, 11) is 0. The van der Waals surface area contributed by atoms with Gasteiger partial charge in [0.15, 0.2) is 0 Å². The number of pyridine rings is 1. The first-order valence-corrected chi connectivity index (χ1v) is 6.43. The Morgan fingerprint density at radius 3 is 2.28 bits per heavy atom. The van der Waals surface area contributed by atoms with Crippen LogP contribution in [0.4, 0.5) is 17.3 Å². The number of nitrogen functional groups attached to an aromatic ring is 2. The summed E-state index contributed by atoms with van der Waals surface area (Å²) in [6.45, 7) is 10.6. The van der Waals surface area contributed by atoms with Gasteiger partial charge in [0, 0.05) is 25.2 Å². The zero-order valence-electron chi connectivity index (χ0n) is 11.8. The van der Waals surface area contributed by atoms with Crippen molar-refractivity contribution in [2.24, 2.45) is 0 Å². The Morgan fingerprint density at radius 2 is 1.78 bits per heavy atom. The largest absolute Gasteiger partial charge is 0.396 e. The zero-order chi connectivity index (χ0) is 13.7. The highest BCUT2D eigenvalue weighted by Gasteiger charge is 2.12. The summed E-state index contributed by atoms with van der Waals surface area (Å²) < 4.78 is 0. The Balaban J connectivity index is 2.47. The lowest BCUT2D eigenvalue weighted by molar-refractivity contribution is 0.182. The van der Waals surface area contributed by atoms with Gasteiger partial charge in [-0.1, -0.05) is 0 Å². The predicted octanol–water partition coefficient (Wildman–Crippen LogP) is 1.78. The van der Waals surface area contributed by atoms with Crippen molar-refractivity contribution in [3.63, 3.8) is 0 Å². The van der Waals surface area contributed by atoms with Crippen molar-refractivity contribution in [1.29, 1.82) is 0 Å². The molecule has 0 aliphatic carbocycles. The molecule has 0 fully saturated rings. The molecular formula is C13H25N5. The first kappa shape index (κ1) is 14.6. The van der Waals surface area contributed by atoms with Crippen LogP contribution in [0.2, 0.25) is 0 Å². The van der Waals surface area contributed by atoms with E-state index in [1.54, 1.807) is 6.07 Å².